The van der Waals surface area contributed by atoms with Gasteiger partial charge in [-0.05, 0) is 36.4 Å². The predicted molar refractivity (Wildman–Crippen MR) is 77.0 cm³/mol. The van der Waals surface area contributed by atoms with Crippen LogP contribution >= 0.6 is 15.9 Å². The molecule has 0 aliphatic rings. The van der Waals surface area contributed by atoms with Gasteiger partial charge in [-0.25, -0.2) is 4.39 Å². The Morgan fingerprint density at radius 3 is 2.74 bits per heavy atom. The lowest BCUT2D eigenvalue weighted by atomic mass is 10.1. The summed E-state index contributed by atoms with van der Waals surface area (Å²) in [5.74, 6) is -0.275. The molecule has 0 aliphatic heterocycles. The fraction of sp³-hybridized carbons (Fsp3) is 0.0714. The van der Waals surface area contributed by atoms with Gasteiger partial charge in [0.25, 0.3) is 0 Å². The Hall–Kier alpha value is -2.06. The molecule has 2 aromatic rings. The summed E-state index contributed by atoms with van der Waals surface area (Å²) < 4.78 is 14.4. The van der Waals surface area contributed by atoms with Crippen LogP contribution in [0.15, 0.2) is 40.9 Å². The van der Waals surface area contributed by atoms with Crippen molar-refractivity contribution in [2.24, 2.45) is 0 Å². The van der Waals surface area contributed by atoms with Crippen molar-refractivity contribution in [3.8, 4) is 6.07 Å². The van der Waals surface area contributed by atoms with Crippen LogP contribution in [0.3, 0.4) is 0 Å². The standard InChI is InChI=1S/C14H11BrFN3/c15-11-2-3-12(16)10(6-11)8-19-14-4-1-9(7-17)5-13(14)18/h1-6,19H,8,18H2. The molecule has 0 saturated heterocycles. The number of hydrogen-bond acceptors (Lipinski definition) is 3. The first-order valence-corrected chi connectivity index (χ1v) is 6.37. The highest BCUT2D eigenvalue weighted by Gasteiger charge is 2.05. The highest BCUT2D eigenvalue weighted by molar-refractivity contribution is 9.10. The Morgan fingerprint density at radius 1 is 1.26 bits per heavy atom. The minimum atomic E-state index is -0.275. The van der Waals surface area contributed by atoms with E-state index in [2.05, 4.69) is 21.2 Å². The molecule has 3 nitrogen and oxygen atoms in total. The molecule has 2 aromatic carbocycles. The van der Waals surface area contributed by atoms with Crippen LogP contribution in [0.4, 0.5) is 15.8 Å². The van der Waals surface area contributed by atoms with Crippen molar-refractivity contribution < 1.29 is 4.39 Å². The lowest BCUT2D eigenvalue weighted by Gasteiger charge is -2.10. The number of nitrogens with zero attached hydrogens (tertiary/aromatic N) is 1. The van der Waals surface area contributed by atoms with Crippen LogP contribution in [0.25, 0.3) is 0 Å². The van der Waals surface area contributed by atoms with Crippen LogP contribution in [-0.2, 0) is 6.54 Å². The summed E-state index contributed by atoms with van der Waals surface area (Å²) in [6.07, 6.45) is 0. The van der Waals surface area contributed by atoms with Crippen molar-refractivity contribution in [3.05, 3.63) is 57.8 Å². The third-order valence-electron chi connectivity index (χ3n) is 2.66. The number of nitrogen functional groups attached to an aromatic ring is 1. The zero-order valence-electron chi connectivity index (χ0n) is 9.95. The van der Waals surface area contributed by atoms with E-state index in [4.69, 9.17) is 11.0 Å². The van der Waals surface area contributed by atoms with Crippen molar-refractivity contribution in [2.45, 2.75) is 6.54 Å². The first-order valence-electron chi connectivity index (χ1n) is 5.57. The van der Waals surface area contributed by atoms with E-state index in [0.717, 1.165) is 4.47 Å². The van der Waals surface area contributed by atoms with Crippen molar-refractivity contribution in [1.82, 2.24) is 0 Å². The third-order valence-corrected chi connectivity index (χ3v) is 3.15. The van der Waals surface area contributed by atoms with Gasteiger partial charge in [0.1, 0.15) is 5.82 Å². The molecular formula is C14H11BrFN3. The smallest absolute Gasteiger partial charge is 0.128 e. The van der Waals surface area contributed by atoms with Crippen LogP contribution in [0.2, 0.25) is 0 Å². The van der Waals surface area contributed by atoms with Gasteiger partial charge in [-0.1, -0.05) is 15.9 Å². The number of benzene rings is 2. The Balaban J connectivity index is 2.15. The number of nitrogens with two attached hydrogens (primary N) is 1. The lowest BCUT2D eigenvalue weighted by Crippen LogP contribution is -2.04. The van der Waals surface area contributed by atoms with E-state index in [9.17, 15) is 4.39 Å². The average Bonchev–Trinajstić information content (AvgIpc) is 2.40. The quantitative estimate of drug-likeness (QED) is 0.849. The van der Waals surface area contributed by atoms with Crippen LogP contribution < -0.4 is 11.1 Å². The minimum Gasteiger partial charge on any atom is -0.397 e. The van der Waals surface area contributed by atoms with E-state index in [0.29, 0.717) is 29.0 Å². The normalized spacial score (nSPS) is 9.95. The predicted octanol–water partition coefficient (Wildman–Crippen LogP) is 3.65. The van der Waals surface area contributed by atoms with Gasteiger partial charge in [0, 0.05) is 16.6 Å². The molecule has 5 heteroatoms. The first kappa shape index (κ1) is 13.4. The molecule has 0 aromatic heterocycles. The molecule has 19 heavy (non-hydrogen) atoms. The maximum Gasteiger partial charge on any atom is 0.128 e. The van der Waals surface area contributed by atoms with Gasteiger partial charge >= 0.3 is 0 Å². The van der Waals surface area contributed by atoms with E-state index in [1.807, 2.05) is 6.07 Å². The highest BCUT2D eigenvalue weighted by Crippen LogP contribution is 2.22. The van der Waals surface area contributed by atoms with Gasteiger partial charge in [-0.3, -0.25) is 0 Å². The summed E-state index contributed by atoms with van der Waals surface area (Å²) in [7, 11) is 0. The SMILES string of the molecule is N#Cc1ccc(NCc2cc(Br)ccc2F)c(N)c1. The number of halogens is 2. The van der Waals surface area contributed by atoms with Crippen LogP contribution in [0, 0.1) is 17.1 Å². The fourth-order valence-electron chi connectivity index (χ4n) is 1.66. The Morgan fingerprint density at radius 2 is 2.05 bits per heavy atom. The molecule has 0 heterocycles. The third kappa shape index (κ3) is 3.24. The largest absolute Gasteiger partial charge is 0.397 e. The maximum atomic E-state index is 13.6. The molecule has 96 valence electrons. The Labute approximate surface area is 119 Å². The molecule has 0 bridgehead atoms. The molecule has 0 saturated carbocycles. The van der Waals surface area contributed by atoms with E-state index in [-0.39, 0.29) is 5.82 Å². The summed E-state index contributed by atoms with van der Waals surface area (Å²) in [5.41, 5.74) is 8.00. The molecule has 0 radical (unpaired) electrons. The van der Waals surface area contributed by atoms with E-state index in [1.54, 1.807) is 30.3 Å². The van der Waals surface area contributed by atoms with Gasteiger partial charge in [-0.15, -0.1) is 0 Å². The highest BCUT2D eigenvalue weighted by atomic mass is 79.9. The van der Waals surface area contributed by atoms with Gasteiger partial charge in [-0.2, -0.15) is 5.26 Å². The number of rotatable bonds is 3. The zero-order valence-corrected chi connectivity index (χ0v) is 11.5. The average molecular weight is 320 g/mol. The fourth-order valence-corrected chi connectivity index (χ4v) is 2.07. The summed E-state index contributed by atoms with van der Waals surface area (Å²) in [5, 5.41) is 11.8. The van der Waals surface area contributed by atoms with Crippen LogP contribution in [0.1, 0.15) is 11.1 Å². The number of hydrogen-bond donors (Lipinski definition) is 2. The number of anilines is 2. The Kier molecular flexibility index (Phi) is 4.03. The van der Waals surface area contributed by atoms with E-state index in [1.165, 1.54) is 6.07 Å². The summed E-state index contributed by atoms with van der Waals surface area (Å²) in [4.78, 5) is 0. The number of nitriles is 1. The lowest BCUT2D eigenvalue weighted by molar-refractivity contribution is 0.612. The van der Waals surface area contributed by atoms with Gasteiger partial charge in [0.05, 0.1) is 23.0 Å². The second-order valence-corrected chi connectivity index (χ2v) is 4.92. The van der Waals surface area contributed by atoms with Crippen LogP contribution in [-0.4, -0.2) is 0 Å². The van der Waals surface area contributed by atoms with Crippen molar-refractivity contribution in [2.75, 3.05) is 11.1 Å². The van der Waals surface area contributed by atoms with E-state index < -0.39 is 0 Å². The van der Waals surface area contributed by atoms with Crippen molar-refractivity contribution >= 4 is 27.3 Å². The molecule has 0 amide bonds. The van der Waals surface area contributed by atoms with Crippen molar-refractivity contribution in [3.63, 3.8) is 0 Å². The molecule has 2 rings (SSSR count). The minimum absolute atomic E-state index is 0.275. The van der Waals surface area contributed by atoms with Gasteiger partial charge < -0.3 is 11.1 Å². The molecule has 0 unspecified atom stereocenters. The summed E-state index contributed by atoms with van der Waals surface area (Å²) in [6.45, 7) is 0.321. The van der Waals surface area contributed by atoms with Crippen molar-refractivity contribution in [1.29, 1.82) is 5.26 Å². The summed E-state index contributed by atoms with van der Waals surface area (Å²) in [6, 6.07) is 11.7. The van der Waals surface area contributed by atoms with E-state index >= 15 is 0 Å². The number of nitrogens with one attached hydrogen (secondary N) is 1. The summed E-state index contributed by atoms with van der Waals surface area (Å²) >= 11 is 3.30. The Bertz CT molecular complexity index is 650. The topological polar surface area (TPSA) is 61.8 Å². The molecule has 0 atom stereocenters. The van der Waals surface area contributed by atoms with Gasteiger partial charge in [0.15, 0.2) is 0 Å². The van der Waals surface area contributed by atoms with Gasteiger partial charge in [0.2, 0.25) is 0 Å². The molecule has 0 aliphatic carbocycles. The molecule has 0 fully saturated rings. The molecule has 0 spiro atoms. The first-order chi connectivity index (χ1) is 9.10. The zero-order chi connectivity index (χ0) is 13.8. The molecular weight excluding hydrogens is 309 g/mol. The monoisotopic (exact) mass is 319 g/mol. The molecule has 3 N–H and O–H groups in total. The maximum absolute atomic E-state index is 13.6. The van der Waals surface area contributed by atoms with Crippen LogP contribution in [0.5, 0.6) is 0 Å². The second kappa shape index (κ2) is 5.72. The second-order valence-electron chi connectivity index (χ2n) is 4.00.